The van der Waals surface area contributed by atoms with Crippen LogP contribution in [0.15, 0.2) is 35.1 Å². The number of fused-ring (bicyclic) bond motifs is 1. The molecule has 5 heteroatoms. The Morgan fingerprint density at radius 1 is 1.24 bits per heavy atom. The first-order valence-electron chi connectivity index (χ1n) is 6.98. The minimum absolute atomic E-state index is 0.0682. The van der Waals surface area contributed by atoms with Crippen LogP contribution in [0.1, 0.15) is 16.8 Å². The molecule has 0 bridgehead atoms. The molecule has 2 heterocycles. The molecule has 3 rings (SSSR count). The van der Waals surface area contributed by atoms with Crippen molar-refractivity contribution >= 4 is 5.65 Å². The average Bonchev–Trinajstić information content (AvgIpc) is 2.88. The molecule has 0 amide bonds. The summed E-state index contributed by atoms with van der Waals surface area (Å²) in [5, 5.41) is 3.13. The lowest BCUT2D eigenvalue weighted by Gasteiger charge is -2.03. The van der Waals surface area contributed by atoms with Crippen LogP contribution in [0.5, 0.6) is 0 Å². The molecule has 0 radical (unpaired) electrons. The maximum Gasteiger partial charge on any atom is 0.276 e. The zero-order chi connectivity index (χ0) is 15.0. The van der Waals surface area contributed by atoms with Crippen molar-refractivity contribution in [2.75, 3.05) is 6.54 Å². The molecule has 0 atom stereocenters. The molecule has 0 aliphatic rings. The summed E-state index contributed by atoms with van der Waals surface area (Å²) in [5.41, 5.74) is 10.7. The fourth-order valence-corrected chi connectivity index (χ4v) is 2.48. The number of aromatic nitrogens is 3. The Balaban J connectivity index is 2.18. The number of rotatable bonds is 3. The molecule has 5 nitrogen and oxygen atoms in total. The van der Waals surface area contributed by atoms with Crippen LogP contribution >= 0.6 is 0 Å². The van der Waals surface area contributed by atoms with Crippen molar-refractivity contribution in [3.63, 3.8) is 0 Å². The maximum absolute atomic E-state index is 12.5. The van der Waals surface area contributed by atoms with Crippen molar-refractivity contribution in [2.24, 2.45) is 5.73 Å². The minimum atomic E-state index is -0.0682. The number of nitrogens with zero attached hydrogens (tertiary/aromatic N) is 2. The lowest BCUT2D eigenvalue weighted by Crippen LogP contribution is -2.23. The zero-order valence-corrected chi connectivity index (χ0v) is 12.2. The van der Waals surface area contributed by atoms with Gasteiger partial charge in [0.25, 0.3) is 5.56 Å². The van der Waals surface area contributed by atoms with Crippen LogP contribution in [0.2, 0.25) is 0 Å². The molecule has 21 heavy (non-hydrogen) atoms. The van der Waals surface area contributed by atoms with E-state index in [0.717, 1.165) is 17.0 Å². The van der Waals surface area contributed by atoms with Crippen LogP contribution in [0, 0.1) is 13.8 Å². The smallest absolute Gasteiger partial charge is 0.276 e. The fourth-order valence-electron chi connectivity index (χ4n) is 2.48. The first kappa shape index (κ1) is 13.6. The molecule has 0 spiro atoms. The van der Waals surface area contributed by atoms with Crippen LogP contribution < -0.4 is 11.3 Å². The summed E-state index contributed by atoms with van der Waals surface area (Å²) in [7, 11) is 0. The highest BCUT2D eigenvalue weighted by molar-refractivity contribution is 5.64. The van der Waals surface area contributed by atoms with Gasteiger partial charge < -0.3 is 5.73 Å². The number of H-pyrrole nitrogens is 1. The van der Waals surface area contributed by atoms with E-state index in [-0.39, 0.29) is 5.56 Å². The van der Waals surface area contributed by atoms with Gasteiger partial charge in [0.2, 0.25) is 0 Å². The topological polar surface area (TPSA) is 76.2 Å². The quantitative estimate of drug-likeness (QED) is 0.769. The van der Waals surface area contributed by atoms with E-state index in [0.29, 0.717) is 24.2 Å². The number of aryl methyl sites for hydroxylation is 2. The predicted octanol–water partition coefficient (Wildman–Crippen LogP) is 1.81. The van der Waals surface area contributed by atoms with E-state index in [1.54, 1.807) is 0 Å². The van der Waals surface area contributed by atoms with Crippen LogP contribution in [0.3, 0.4) is 0 Å². The molecular weight excluding hydrogens is 264 g/mol. The predicted molar refractivity (Wildman–Crippen MR) is 83.5 cm³/mol. The van der Waals surface area contributed by atoms with Gasteiger partial charge in [0, 0.05) is 17.3 Å². The molecule has 3 aromatic rings. The van der Waals surface area contributed by atoms with Gasteiger partial charge in [-0.15, -0.1) is 0 Å². The number of hydrogen-bond acceptors (Lipinski definition) is 3. The number of hydrogen-bond donors (Lipinski definition) is 2. The summed E-state index contributed by atoms with van der Waals surface area (Å²) in [6, 6.07) is 10.0. The molecule has 1 aromatic carbocycles. The molecule has 0 fully saturated rings. The van der Waals surface area contributed by atoms with E-state index in [1.165, 1.54) is 10.1 Å². The second-order valence-electron chi connectivity index (χ2n) is 5.25. The molecule has 108 valence electrons. The van der Waals surface area contributed by atoms with Crippen molar-refractivity contribution in [1.29, 1.82) is 0 Å². The van der Waals surface area contributed by atoms with Gasteiger partial charge in [0.05, 0.1) is 5.69 Å². The molecular formula is C16H18N4O. The first-order valence-corrected chi connectivity index (χ1v) is 6.98. The van der Waals surface area contributed by atoms with Gasteiger partial charge in [-0.25, -0.2) is 9.50 Å². The maximum atomic E-state index is 12.5. The summed E-state index contributed by atoms with van der Waals surface area (Å²) in [6.45, 7) is 4.34. The Kier molecular flexibility index (Phi) is 3.35. The lowest BCUT2D eigenvalue weighted by molar-refractivity contribution is 0.835. The third-order valence-electron chi connectivity index (χ3n) is 3.67. The Morgan fingerprint density at radius 2 is 1.95 bits per heavy atom. The van der Waals surface area contributed by atoms with Gasteiger partial charge in [-0.3, -0.25) is 9.89 Å². The van der Waals surface area contributed by atoms with Crippen molar-refractivity contribution in [1.82, 2.24) is 14.6 Å². The van der Waals surface area contributed by atoms with Crippen molar-refractivity contribution < 1.29 is 0 Å². The second-order valence-corrected chi connectivity index (χ2v) is 5.25. The Hall–Kier alpha value is -2.40. The van der Waals surface area contributed by atoms with Gasteiger partial charge in [0.15, 0.2) is 5.65 Å². The molecule has 3 N–H and O–H groups in total. The molecule has 0 saturated heterocycles. The number of aromatic amines is 1. The van der Waals surface area contributed by atoms with Crippen LogP contribution in [0.25, 0.3) is 16.9 Å². The summed E-state index contributed by atoms with van der Waals surface area (Å²) in [5.74, 6) is 0. The van der Waals surface area contributed by atoms with Gasteiger partial charge in [-0.1, -0.05) is 29.8 Å². The van der Waals surface area contributed by atoms with E-state index >= 15 is 0 Å². The largest absolute Gasteiger partial charge is 0.330 e. The monoisotopic (exact) mass is 282 g/mol. The van der Waals surface area contributed by atoms with Crippen molar-refractivity contribution in [3.05, 3.63) is 57.5 Å². The second kappa shape index (κ2) is 5.18. The van der Waals surface area contributed by atoms with Gasteiger partial charge >= 0.3 is 0 Å². The molecule has 0 unspecified atom stereocenters. The Bertz CT molecular complexity index is 843. The number of benzene rings is 1. The molecule has 2 aromatic heterocycles. The van der Waals surface area contributed by atoms with E-state index in [9.17, 15) is 4.79 Å². The number of nitrogens with one attached hydrogen (secondary N) is 1. The highest BCUT2D eigenvalue weighted by atomic mass is 16.1. The van der Waals surface area contributed by atoms with Crippen LogP contribution in [-0.2, 0) is 6.42 Å². The lowest BCUT2D eigenvalue weighted by atomic mass is 10.1. The van der Waals surface area contributed by atoms with Crippen LogP contribution in [0.4, 0.5) is 0 Å². The van der Waals surface area contributed by atoms with Crippen LogP contribution in [-0.4, -0.2) is 21.1 Å². The van der Waals surface area contributed by atoms with Gasteiger partial charge in [0.1, 0.15) is 0 Å². The van der Waals surface area contributed by atoms with E-state index < -0.39 is 0 Å². The third-order valence-corrected chi connectivity index (χ3v) is 3.67. The Morgan fingerprint density at radius 3 is 2.62 bits per heavy atom. The Labute approximate surface area is 122 Å². The van der Waals surface area contributed by atoms with E-state index in [2.05, 4.69) is 10.1 Å². The minimum Gasteiger partial charge on any atom is -0.330 e. The molecule has 0 aliphatic heterocycles. The van der Waals surface area contributed by atoms with E-state index in [1.807, 2.05) is 44.2 Å². The standard InChI is InChI=1S/C16H18N4O/c1-10-3-5-12(6-4-10)14-9-15-18-11(2)13(7-8-17)16(21)20(15)19-14/h3-6,9,19H,7-8,17H2,1-2H3. The van der Waals surface area contributed by atoms with Gasteiger partial charge in [-0.05, 0) is 32.4 Å². The van der Waals surface area contributed by atoms with Crippen molar-refractivity contribution in [3.8, 4) is 11.3 Å². The fraction of sp³-hybridized carbons (Fsp3) is 0.250. The average molecular weight is 282 g/mol. The first-order chi connectivity index (χ1) is 10.1. The summed E-state index contributed by atoms with van der Waals surface area (Å²) in [6.07, 6.45) is 0.541. The number of nitrogens with two attached hydrogens (primary N) is 1. The van der Waals surface area contributed by atoms with E-state index in [4.69, 9.17) is 5.73 Å². The third kappa shape index (κ3) is 2.36. The van der Waals surface area contributed by atoms with Gasteiger partial charge in [-0.2, -0.15) is 0 Å². The SMILES string of the molecule is Cc1ccc(-c2cc3nc(C)c(CCN)c(=O)n3[nH]2)cc1. The molecule has 0 aliphatic carbocycles. The highest BCUT2D eigenvalue weighted by Crippen LogP contribution is 2.19. The summed E-state index contributed by atoms with van der Waals surface area (Å²) < 4.78 is 1.49. The van der Waals surface area contributed by atoms with Crippen molar-refractivity contribution in [2.45, 2.75) is 20.3 Å². The normalized spacial score (nSPS) is 11.2. The summed E-state index contributed by atoms with van der Waals surface area (Å²) in [4.78, 5) is 17.0. The highest BCUT2D eigenvalue weighted by Gasteiger charge is 2.12. The summed E-state index contributed by atoms with van der Waals surface area (Å²) >= 11 is 0. The molecule has 0 saturated carbocycles. The zero-order valence-electron chi connectivity index (χ0n) is 12.2.